The van der Waals surface area contributed by atoms with Crippen molar-refractivity contribution in [1.29, 1.82) is 0 Å². The summed E-state index contributed by atoms with van der Waals surface area (Å²) in [5.41, 5.74) is 2.27. The Morgan fingerprint density at radius 1 is 1.29 bits per heavy atom. The molecule has 5 heteroatoms. The number of anilines is 1. The quantitative estimate of drug-likeness (QED) is 0.794. The Kier molecular flexibility index (Phi) is 4.21. The molecule has 3 heterocycles. The lowest BCUT2D eigenvalue weighted by Gasteiger charge is -2.36. The second-order valence-corrected chi connectivity index (χ2v) is 7.64. The van der Waals surface area contributed by atoms with Gasteiger partial charge in [-0.25, -0.2) is 0 Å². The van der Waals surface area contributed by atoms with Gasteiger partial charge in [-0.2, -0.15) is 0 Å². The van der Waals surface area contributed by atoms with Crippen LogP contribution in [0.3, 0.4) is 0 Å². The molecule has 4 rings (SSSR count). The minimum Gasteiger partial charge on any atom is -0.462 e. The van der Waals surface area contributed by atoms with E-state index in [9.17, 15) is 4.79 Å². The number of ether oxygens (including phenoxy) is 1. The van der Waals surface area contributed by atoms with Crippen molar-refractivity contribution in [3.05, 3.63) is 24.0 Å². The number of aryl methyl sites for hydroxylation is 1. The normalized spacial score (nSPS) is 26.5. The molecule has 3 aliphatic rings. The van der Waals surface area contributed by atoms with Crippen LogP contribution in [0.5, 0.6) is 0 Å². The Labute approximate surface area is 144 Å². The van der Waals surface area contributed by atoms with Crippen molar-refractivity contribution in [3.8, 4) is 0 Å². The van der Waals surface area contributed by atoms with E-state index in [0.29, 0.717) is 0 Å². The topological polar surface area (TPSA) is 45.7 Å². The van der Waals surface area contributed by atoms with E-state index in [1.54, 1.807) is 0 Å². The highest BCUT2D eigenvalue weighted by molar-refractivity contribution is 5.80. The average molecular weight is 329 g/mol. The van der Waals surface area contributed by atoms with Crippen LogP contribution in [0, 0.1) is 12.3 Å². The molecule has 5 nitrogen and oxygen atoms in total. The first-order valence-electron chi connectivity index (χ1n) is 9.26. The van der Waals surface area contributed by atoms with Crippen LogP contribution in [0.4, 0.5) is 5.69 Å². The number of hydrogen-bond acceptors (Lipinski definition) is 5. The fraction of sp³-hybridized carbons (Fsp3) is 0.684. The molecule has 1 aromatic heterocycles. The minimum atomic E-state index is -0.0808. The maximum Gasteiger partial charge on any atom is 0.312 e. The molecule has 1 aromatic rings. The molecule has 0 aromatic carbocycles. The van der Waals surface area contributed by atoms with Gasteiger partial charge in [0, 0.05) is 56.7 Å². The lowest BCUT2D eigenvalue weighted by Crippen LogP contribution is -2.47. The van der Waals surface area contributed by atoms with Crippen LogP contribution in [-0.4, -0.2) is 54.7 Å². The Morgan fingerprint density at radius 3 is 2.71 bits per heavy atom. The molecule has 1 saturated carbocycles. The van der Waals surface area contributed by atoms with E-state index in [4.69, 9.17) is 4.74 Å². The molecule has 1 unspecified atom stereocenters. The minimum absolute atomic E-state index is 0.0802. The number of cyclic esters (lactones) is 1. The third-order valence-electron chi connectivity index (χ3n) is 6.02. The van der Waals surface area contributed by atoms with Gasteiger partial charge in [-0.1, -0.05) is 6.42 Å². The fourth-order valence-corrected chi connectivity index (χ4v) is 4.29. The van der Waals surface area contributed by atoms with Crippen molar-refractivity contribution < 1.29 is 9.53 Å². The third kappa shape index (κ3) is 3.02. The van der Waals surface area contributed by atoms with Gasteiger partial charge >= 0.3 is 5.97 Å². The number of esters is 1. The van der Waals surface area contributed by atoms with Crippen LogP contribution in [0.15, 0.2) is 18.3 Å². The number of aromatic nitrogens is 1. The van der Waals surface area contributed by atoms with Gasteiger partial charge < -0.3 is 9.64 Å². The fourth-order valence-electron chi connectivity index (χ4n) is 4.29. The number of carbonyl (C=O) groups is 1. The zero-order valence-electron chi connectivity index (χ0n) is 14.5. The molecule has 2 aliphatic heterocycles. The summed E-state index contributed by atoms with van der Waals surface area (Å²) in [6.45, 7) is 7.34. The lowest BCUT2D eigenvalue weighted by molar-refractivity contribution is -0.152. The summed E-state index contributed by atoms with van der Waals surface area (Å²) in [4.78, 5) is 21.2. The molecule has 0 radical (unpaired) electrons. The number of piperazine rings is 1. The number of nitrogens with zero attached hydrogens (tertiary/aromatic N) is 3. The molecule has 0 bridgehead atoms. The second-order valence-electron chi connectivity index (χ2n) is 7.64. The first-order valence-corrected chi connectivity index (χ1v) is 9.26. The molecule has 1 spiro atoms. The monoisotopic (exact) mass is 329 g/mol. The second kappa shape index (κ2) is 6.36. The highest BCUT2D eigenvalue weighted by Crippen LogP contribution is 2.50. The van der Waals surface area contributed by atoms with Crippen LogP contribution in [0.2, 0.25) is 0 Å². The Balaban J connectivity index is 1.23. The van der Waals surface area contributed by atoms with Crippen molar-refractivity contribution in [2.45, 2.75) is 45.1 Å². The van der Waals surface area contributed by atoms with Crippen molar-refractivity contribution in [3.63, 3.8) is 0 Å². The zero-order valence-corrected chi connectivity index (χ0v) is 14.5. The number of rotatable bonds is 4. The van der Waals surface area contributed by atoms with E-state index < -0.39 is 0 Å². The summed E-state index contributed by atoms with van der Waals surface area (Å²) >= 11 is 0. The van der Waals surface area contributed by atoms with E-state index in [1.165, 1.54) is 12.1 Å². The summed E-state index contributed by atoms with van der Waals surface area (Å²) in [5, 5.41) is 0. The van der Waals surface area contributed by atoms with Crippen LogP contribution in [-0.2, 0) is 9.53 Å². The van der Waals surface area contributed by atoms with E-state index >= 15 is 0 Å². The van der Waals surface area contributed by atoms with Gasteiger partial charge in [-0.15, -0.1) is 0 Å². The largest absolute Gasteiger partial charge is 0.462 e. The summed E-state index contributed by atoms with van der Waals surface area (Å²) < 4.78 is 5.63. The van der Waals surface area contributed by atoms with Crippen molar-refractivity contribution >= 4 is 11.7 Å². The van der Waals surface area contributed by atoms with Crippen molar-refractivity contribution in [2.75, 3.05) is 37.6 Å². The van der Waals surface area contributed by atoms with Gasteiger partial charge in [0.1, 0.15) is 6.10 Å². The first kappa shape index (κ1) is 15.9. The van der Waals surface area contributed by atoms with Crippen LogP contribution in [0.1, 0.15) is 37.8 Å². The molecular formula is C19H27N3O2. The van der Waals surface area contributed by atoms with Gasteiger partial charge in [-0.05, 0) is 38.3 Å². The van der Waals surface area contributed by atoms with E-state index in [-0.39, 0.29) is 17.5 Å². The van der Waals surface area contributed by atoms with Crippen molar-refractivity contribution in [1.82, 2.24) is 9.88 Å². The van der Waals surface area contributed by atoms with E-state index in [2.05, 4.69) is 26.9 Å². The number of pyridine rings is 1. The number of hydrogen-bond donors (Lipinski definition) is 0. The Bertz CT molecular complexity index is 606. The van der Waals surface area contributed by atoms with Gasteiger partial charge in [0.15, 0.2) is 0 Å². The summed E-state index contributed by atoms with van der Waals surface area (Å²) in [6.07, 6.45) is 7.28. The van der Waals surface area contributed by atoms with Crippen LogP contribution in [0.25, 0.3) is 0 Å². The highest BCUT2D eigenvalue weighted by Gasteiger charge is 2.52. The molecule has 130 valence electrons. The molecular weight excluding hydrogens is 302 g/mol. The van der Waals surface area contributed by atoms with Gasteiger partial charge in [0.05, 0.1) is 5.41 Å². The Hall–Kier alpha value is -1.62. The van der Waals surface area contributed by atoms with Crippen LogP contribution < -0.4 is 4.90 Å². The smallest absolute Gasteiger partial charge is 0.312 e. The molecule has 1 atom stereocenters. The average Bonchev–Trinajstić information content (AvgIpc) is 2.90. The van der Waals surface area contributed by atoms with Crippen molar-refractivity contribution in [2.24, 2.45) is 5.41 Å². The van der Waals surface area contributed by atoms with Gasteiger partial charge in [0.25, 0.3) is 0 Å². The molecule has 1 aliphatic carbocycles. The standard InChI is InChI=1S/C19H27N3O2/c1-15-13-16(3-7-20-15)22-11-9-21(10-12-22)8-4-17-14-19(5-2-6-19)18(23)24-17/h3,7,13,17H,2,4-6,8-12,14H2,1H3. The summed E-state index contributed by atoms with van der Waals surface area (Å²) in [6, 6.07) is 4.25. The van der Waals surface area contributed by atoms with E-state index in [1.807, 2.05) is 13.1 Å². The SMILES string of the molecule is Cc1cc(N2CCN(CCC3CC4(CCC4)C(=O)O3)CC2)ccn1. The zero-order chi connectivity index (χ0) is 16.6. The molecule has 3 fully saturated rings. The lowest BCUT2D eigenvalue weighted by atomic mass is 9.67. The van der Waals surface area contributed by atoms with E-state index in [0.717, 1.165) is 64.1 Å². The predicted molar refractivity (Wildman–Crippen MR) is 93.0 cm³/mol. The van der Waals surface area contributed by atoms with Crippen LogP contribution >= 0.6 is 0 Å². The molecule has 0 N–H and O–H groups in total. The summed E-state index contributed by atoms with van der Waals surface area (Å²) in [5.74, 6) is 0.0802. The molecule has 0 amide bonds. The first-order chi connectivity index (χ1) is 11.6. The molecule has 2 saturated heterocycles. The third-order valence-corrected chi connectivity index (χ3v) is 6.02. The highest BCUT2D eigenvalue weighted by atomic mass is 16.6. The molecule has 24 heavy (non-hydrogen) atoms. The Morgan fingerprint density at radius 2 is 2.08 bits per heavy atom. The summed E-state index contributed by atoms with van der Waals surface area (Å²) in [7, 11) is 0. The van der Waals surface area contributed by atoms with Gasteiger partial charge in [-0.3, -0.25) is 14.7 Å². The maximum absolute atomic E-state index is 12.0. The maximum atomic E-state index is 12.0. The van der Waals surface area contributed by atoms with Gasteiger partial charge in [0.2, 0.25) is 0 Å². The number of carbonyl (C=O) groups excluding carboxylic acids is 1. The predicted octanol–water partition coefficient (Wildman–Crippen LogP) is 2.39.